The number of benzene rings is 1. The number of unbranched alkanes of at least 4 members (excludes halogenated alkanes) is 1. The van der Waals surface area contributed by atoms with Crippen LogP contribution in [0.15, 0.2) is 34.9 Å². The van der Waals surface area contributed by atoms with E-state index in [4.69, 9.17) is 5.11 Å². The molecule has 2 rings (SSSR count). The summed E-state index contributed by atoms with van der Waals surface area (Å²) in [6, 6.07) is 8.23. The normalized spacial score (nSPS) is 10.9. The number of aliphatic hydroxyl groups is 1. The van der Waals surface area contributed by atoms with Crippen molar-refractivity contribution in [3.8, 4) is 0 Å². The molecule has 0 aliphatic carbocycles. The molecule has 0 saturated carbocycles. The smallest absolute Gasteiger partial charge is 0.0705 e. The molecule has 84 valence electrons. The molecular weight excluding hydrogens is 266 g/mol. The topological polar surface area (TPSA) is 33.1 Å². The minimum absolute atomic E-state index is 0.267. The van der Waals surface area contributed by atoms with Crippen LogP contribution in [0.5, 0.6) is 0 Å². The summed E-state index contributed by atoms with van der Waals surface area (Å²) in [4.78, 5) is 4.34. The van der Waals surface area contributed by atoms with Crippen molar-refractivity contribution < 1.29 is 5.11 Å². The van der Waals surface area contributed by atoms with Crippen LogP contribution in [-0.4, -0.2) is 16.7 Å². The average molecular weight is 280 g/mol. The standard InChI is InChI=1S/C13H14BrNO/c14-12-8-11-5-3-6-15-13(11)9-10(12)4-1-2-7-16/h3,5-6,8-9,16H,1-2,4,7H2. The van der Waals surface area contributed by atoms with Crippen LogP contribution >= 0.6 is 15.9 Å². The van der Waals surface area contributed by atoms with Gasteiger partial charge in [-0.15, -0.1) is 0 Å². The maximum absolute atomic E-state index is 8.76. The van der Waals surface area contributed by atoms with Gasteiger partial charge in [0, 0.05) is 22.7 Å². The van der Waals surface area contributed by atoms with E-state index in [1.165, 1.54) is 5.56 Å². The number of pyridine rings is 1. The maximum atomic E-state index is 8.76. The molecule has 0 aliphatic rings. The van der Waals surface area contributed by atoms with E-state index in [0.29, 0.717) is 0 Å². The van der Waals surface area contributed by atoms with Crippen LogP contribution in [0.3, 0.4) is 0 Å². The molecule has 1 heterocycles. The van der Waals surface area contributed by atoms with E-state index in [-0.39, 0.29) is 6.61 Å². The van der Waals surface area contributed by atoms with Gasteiger partial charge in [-0.1, -0.05) is 22.0 Å². The minimum atomic E-state index is 0.267. The van der Waals surface area contributed by atoms with Crippen LogP contribution in [0.2, 0.25) is 0 Å². The highest BCUT2D eigenvalue weighted by Gasteiger charge is 2.03. The first-order chi connectivity index (χ1) is 7.81. The van der Waals surface area contributed by atoms with Crippen molar-refractivity contribution in [3.63, 3.8) is 0 Å². The first kappa shape index (κ1) is 11.6. The summed E-state index contributed by atoms with van der Waals surface area (Å²) < 4.78 is 1.13. The number of hydrogen-bond acceptors (Lipinski definition) is 2. The second-order valence-electron chi connectivity index (χ2n) is 3.82. The fourth-order valence-corrected chi connectivity index (χ4v) is 2.31. The second kappa shape index (κ2) is 5.41. The molecule has 1 aromatic carbocycles. The zero-order valence-electron chi connectivity index (χ0n) is 8.99. The number of aryl methyl sites for hydroxylation is 1. The first-order valence-corrected chi connectivity index (χ1v) is 6.24. The SMILES string of the molecule is OCCCCc1cc2ncccc2cc1Br. The summed E-state index contributed by atoms with van der Waals surface area (Å²) in [5, 5.41) is 9.91. The Labute approximate surface area is 103 Å². The number of halogens is 1. The second-order valence-corrected chi connectivity index (χ2v) is 4.67. The van der Waals surface area contributed by atoms with Gasteiger partial charge in [0.15, 0.2) is 0 Å². The number of fused-ring (bicyclic) bond motifs is 1. The van der Waals surface area contributed by atoms with Crippen molar-refractivity contribution in [2.45, 2.75) is 19.3 Å². The Morgan fingerprint density at radius 1 is 1.25 bits per heavy atom. The molecule has 1 N–H and O–H groups in total. The summed E-state index contributed by atoms with van der Waals surface area (Å²) in [6.45, 7) is 0.267. The molecule has 3 heteroatoms. The molecule has 0 unspecified atom stereocenters. The Kier molecular flexibility index (Phi) is 3.91. The fraction of sp³-hybridized carbons (Fsp3) is 0.308. The fourth-order valence-electron chi connectivity index (χ4n) is 1.75. The molecule has 1 aromatic heterocycles. The van der Waals surface area contributed by atoms with Gasteiger partial charge in [0.2, 0.25) is 0 Å². The monoisotopic (exact) mass is 279 g/mol. The van der Waals surface area contributed by atoms with E-state index in [2.05, 4.69) is 39.1 Å². The third-order valence-corrected chi connectivity index (χ3v) is 3.36. The van der Waals surface area contributed by atoms with Crippen molar-refractivity contribution in [2.24, 2.45) is 0 Å². The minimum Gasteiger partial charge on any atom is -0.396 e. The van der Waals surface area contributed by atoms with Crippen molar-refractivity contribution in [1.82, 2.24) is 4.98 Å². The predicted octanol–water partition coefficient (Wildman–Crippen LogP) is 3.31. The van der Waals surface area contributed by atoms with Gasteiger partial charge in [0.05, 0.1) is 5.52 Å². The summed E-state index contributed by atoms with van der Waals surface area (Å²) in [5.41, 5.74) is 2.30. The van der Waals surface area contributed by atoms with Gasteiger partial charge < -0.3 is 5.11 Å². The van der Waals surface area contributed by atoms with Gasteiger partial charge in [-0.3, -0.25) is 4.98 Å². The Balaban J connectivity index is 2.27. The van der Waals surface area contributed by atoms with Gasteiger partial charge >= 0.3 is 0 Å². The van der Waals surface area contributed by atoms with E-state index >= 15 is 0 Å². The zero-order chi connectivity index (χ0) is 11.4. The number of aromatic nitrogens is 1. The lowest BCUT2D eigenvalue weighted by Gasteiger charge is -2.06. The molecule has 0 saturated heterocycles. The van der Waals surface area contributed by atoms with Crippen molar-refractivity contribution in [3.05, 3.63) is 40.5 Å². The highest BCUT2D eigenvalue weighted by atomic mass is 79.9. The lowest BCUT2D eigenvalue weighted by Crippen LogP contribution is -1.91. The predicted molar refractivity (Wildman–Crippen MR) is 69.5 cm³/mol. The molecule has 0 radical (unpaired) electrons. The molecule has 2 nitrogen and oxygen atoms in total. The molecule has 2 aromatic rings. The van der Waals surface area contributed by atoms with Crippen LogP contribution in [0, 0.1) is 0 Å². The maximum Gasteiger partial charge on any atom is 0.0705 e. The average Bonchev–Trinajstić information content (AvgIpc) is 2.30. The van der Waals surface area contributed by atoms with Gasteiger partial charge in [-0.25, -0.2) is 0 Å². The molecule has 0 bridgehead atoms. The Hall–Kier alpha value is -0.930. The molecule has 16 heavy (non-hydrogen) atoms. The van der Waals surface area contributed by atoms with Crippen molar-refractivity contribution in [1.29, 1.82) is 0 Å². The molecule has 0 aliphatic heterocycles. The third kappa shape index (κ3) is 2.60. The Bertz CT molecular complexity index is 484. The largest absolute Gasteiger partial charge is 0.396 e. The quantitative estimate of drug-likeness (QED) is 0.871. The van der Waals surface area contributed by atoms with Gasteiger partial charge in [-0.2, -0.15) is 0 Å². The number of aliphatic hydroxyl groups excluding tert-OH is 1. The van der Waals surface area contributed by atoms with Gasteiger partial charge in [0.1, 0.15) is 0 Å². The van der Waals surface area contributed by atoms with Crippen LogP contribution < -0.4 is 0 Å². The van der Waals surface area contributed by atoms with Gasteiger partial charge in [0.25, 0.3) is 0 Å². The first-order valence-electron chi connectivity index (χ1n) is 5.45. The Morgan fingerprint density at radius 2 is 2.12 bits per heavy atom. The summed E-state index contributed by atoms with van der Waals surface area (Å²) in [7, 11) is 0. The number of nitrogens with zero attached hydrogens (tertiary/aromatic N) is 1. The molecule has 0 fully saturated rings. The molecule has 0 atom stereocenters. The van der Waals surface area contributed by atoms with E-state index in [9.17, 15) is 0 Å². The lowest BCUT2D eigenvalue weighted by molar-refractivity contribution is 0.284. The van der Waals surface area contributed by atoms with Gasteiger partial charge in [-0.05, 0) is 43.0 Å². The van der Waals surface area contributed by atoms with Crippen LogP contribution in [0.4, 0.5) is 0 Å². The van der Waals surface area contributed by atoms with E-state index < -0.39 is 0 Å². The Morgan fingerprint density at radius 3 is 2.94 bits per heavy atom. The summed E-state index contributed by atoms with van der Waals surface area (Å²) in [5.74, 6) is 0. The van der Waals surface area contributed by atoms with Crippen molar-refractivity contribution in [2.75, 3.05) is 6.61 Å². The zero-order valence-corrected chi connectivity index (χ0v) is 10.6. The summed E-state index contributed by atoms with van der Waals surface area (Å²) in [6.07, 6.45) is 4.65. The van der Waals surface area contributed by atoms with E-state index in [1.807, 2.05) is 12.3 Å². The molecule has 0 spiro atoms. The highest BCUT2D eigenvalue weighted by Crippen LogP contribution is 2.24. The molecular formula is C13H14BrNO. The van der Waals surface area contributed by atoms with Crippen LogP contribution in [-0.2, 0) is 6.42 Å². The van der Waals surface area contributed by atoms with Crippen LogP contribution in [0.1, 0.15) is 18.4 Å². The number of hydrogen-bond donors (Lipinski definition) is 1. The van der Waals surface area contributed by atoms with E-state index in [0.717, 1.165) is 34.6 Å². The third-order valence-electron chi connectivity index (χ3n) is 2.63. The van der Waals surface area contributed by atoms with E-state index in [1.54, 1.807) is 0 Å². The summed E-state index contributed by atoms with van der Waals surface area (Å²) >= 11 is 3.58. The highest BCUT2D eigenvalue weighted by molar-refractivity contribution is 9.10. The molecule has 0 amide bonds. The van der Waals surface area contributed by atoms with Crippen molar-refractivity contribution >= 4 is 26.8 Å². The lowest BCUT2D eigenvalue weighted by atomic mass is 10.1. The number of rotatable bonds is 4. The van der Waals surface area contributed by atoms with Crippen LogP contribution in [0.25, 0.3) is 10.9 Å².